The average Bonchev–Trinajstić information content (AvgIpc) is 3.81. The van der Waals surface area contributed by atoms with Gasteiger partial charge in [-0.05, 0) is 65.4 Å². The summed E-state index contributed by atoms with van der Waals surface area (Å²) in [4.78, 5) is 31.4. The summed E-state index contributed by atoms with van der Waals surface area (Å²) in [7, 11) is 4.72. The van der Waals surface area contributed by atoms with Gasteiger partial charge in [-0.3, -0.25) is 9.59 Å². The highest BCUT2D eigenvalue weighted by Gasteiger charge is 2.34. The lowest BCUT2D eigenvalue weighted by Crippen LogP contribution is -2.46. The van der Waals surface area contributed by atoms with E-state index < -0.39 is 6.04 Å². The minimum Gasteiger partial charge on any atom is -0.497 e. The average molecular weight is 591 g/mol. The third kappa shape index (κ3) is 6.71. The normalized spacial score (nSPS) is 13.9. The molecule has 4 aromatic rings. The Kier molecular flexibility index (Phi) is 9.32. The molecule has 0 aliphatic heterocycles. The summed E-state index contributed by atoms with van der Waals surface area (Å²) in [6.07, 6.45) is 4.06. The summed E-state index contributed by atoms with van der Waals surface area (Å²) in [6.45, 7) is 0.00966. The predicted molar refractivity (Wildman–Crippen MR) is 157 cm³/mol. The molecule has 0 radical (unpaired) electrons. The van der Waals surface area contributed by atoms with Crippen LogP contribution in [0, 0.1) is 0 Å². The summed E-state index contributed by atoms with van der Waals surface area (Å²) in [5, 5.41) is 17.8. The zero-order valence-corrected chi connectivity index (χ0v) is 24.7. The monoisotopic (exact) mass is 590 g/mol. The van der Waals surface area contributed by atoms with E-state index in [9.17, 15) is 9.59 Å². The van der Waals surface area contributed by atoms with Crippen LogP contribution < -0.4 is 19.5 Å². The number of nitrogens with zero attached hydrogens (tertiary/aromatic N) is 5. The van der Waals surface area contributed by atoms with Gasteiger partial charge in [0.05, 0.1) is 21.3 Å². The van der Waals surface area contributed by atoms with Crippen molar-refractivity contribution >= 4 is 23.2 Å². The molecule has 5 rings (SSSR count). The van der Waals surface area contributed by atoms with Crippen molar-refractivity contribution in [2.75, 3.05) is 21.3 Å². The van der Waals surface area contributed by atoms with Crippen LogP contribution in [-0.2, 0) is 22.7 Å². The number of hydrogen-bond acceptors (Lipinski definition) is 9. The molecular weight excluding hydrogens is 556 g/mol. The van der Waals surface area contributed by atoms with E-state index >= 15 is 0 Å². The zero-order chi connectivity index (χ0) is 29.5. The van der Waals surface area contributed by atoms with E-state index in [2.05, 4.69) is 20.7 Å². The fourth-order valence-electron chi connectivity index (χ4n) is 5.09. The van der Waals surface area contributed by atoms with Crippen LogP contribution in [0.15, 0.2) is 60.0 Å². The molecule has 220 valence electrons. The molecule has 2 heterocycles. The van der Waals surface area contributed by atoms with Crippen LogP contribution in [0.25, 0.3) is 11.4 Å². The number of aromatic nitrogens is 4. The molecule has 2 aromatic heterocycles. The van der Waals surface area contributed by atoms with Gasteiger partial charge in [-0.2, -0.15) is 4.80 Å². The Bertz CT molecular complexity index is 1480. The Morgan fingerprint density at radius 3 is 2.45 bits per heavy atom. The molecular formula is C30H34N6O5S. The molecule has 42 heavy (non-hydrogen) atoms. The topological polar surface area (TPSA) is 121 Å². The Balaban J connectivity index is 1.43. The summed E-state index contributed by atoms with van der Waals surface area (Å²) in [6, 6.07) is 15.8. The second-order valence-corrected chi connectivity index (χ2v) is 11.0. The van der Waals surface area contributed by atoms with Gasteiger partial charge < -0.3 is 24.4 Å². The van der Waals surface area contributed by atoms with Crippen molar-refractivity contribution in [3.63, 3.8) is 0 Å². The first-order valence-electron chi connectivity index (χ1n) is 13.8. The molecule has 2 amide bonds. The Hall–Kier alpha value is -4.45. The number of methoxy groups -OCH3 is 3. The van der Waals surface area contributed by atoms with Gasteiger partial charge in [-0.25, -0.2) is 0 Å². The first-order valence-corrected chi connectivity index (χ1v) is 14.6. The molecule has 1 unspecified atom stereocenters. The van der Waals surface area contributed by atoms with Gasteiger partial charge in [0.15, 0.2) is 11.5 Å². The van der Waals surface area contributed by atoms with Crippen molar-refractivity contribution in [3.05, 3.63) is 70.4 Å². The highest BCUT2D eigenvalue weighted by Crippen LogP contribution is 2.32. The lowest BCUT2D eigenvalue weighted by atomic mass is 10.1. The van der Waals surface area contributed by atoms with Crippen molar-refractivity contribution in [2.45, 2.75) is 50.9 Å². The van der Waals surface area contributed by atoms with Gasteiger partial charge in [0.2, 0.25) is 17.6 Å². The molecule has 12 heteroatoms. The van der Waals surface area contributed by atoms with E-state index in [1.807, 2.05) is 41.8 Å². The van der Waals surface area contributed by atoms with E-state index in [1.54, 1.807) is 44.4 Å². The highest BCUT2D eigenvalue weighted by molar-refractivity contribution is 7.10. The maximum absolute atomic E-state index is 14.0. The van der Waals surface area contributed by atoms with Crippen molar-refractivity contribution in [1.29, 1.82) is 0 Å². The molecule has 1 aliphatic rings. The minimum atomic E-state index is -0.811. The lowest BCUT2D eigenvalue weighted by Gasteiger charge is -2.31. The van der Waals surface area contributed by atoms with Crippen LogP contribution in [0.3, 0.4) is 0 Å². The fourth-order valence-corrected chi connectivity index (χ4v) is 5.92. The van der Waals surface area contributed by atoms with Crippen molar-refractivity contribution in [1.82, 2.24) is 30.4 Å². The number of carbonyl (C=O) groups is 2. The van der Waals surface area contributed by atoms with Crippen molar-refractivity contribution in [3.8, 4) is 28.6 Å². The van der Waals surface area contributed by atoms with E-state index in [-0.39, 0.29) is 30.9 Å². The molecule has 1 saturated carbocycles. The zero-order valence-electron chi connectivity index (χ0n) is 23.9. The highest BCUT2D eigenvalue weighted by atomic mass is 32.1. The number of hydrogen-bond donors (Lipinski definition) is 1. The van der Waals surface area contributed by atoms with Gasteiger partial charge in [0.1, 0.15) is 18.3 Å². The fraction of sp³-hybridized carbons (Fsp3) is 0.367. The van der Waals surface area contributed by atoms with E-state index in [0.29, 0.717) is 28.6 Å². The Morgan fingerprint density at radius 2 is 1.79 bits per heavy atom. The number of benzene rings is 2. The molecule has 1 aliphatic carbocycles. The van der Waals surface area contributed by atoms with E-state index in [1.165, 1.54) is 16.1 Å². The van der Waals surface area contributed by atoms with E-state index in [0.717, 1.165) is 36.1 Å². The Labute approximate surface area is 248 Å². The number of amides is 2. The van der Waals surface area contributed by atoms with Gasteiger partial charge in [0.25, 0.3) is 0 Å². The third-order valence-electron chi connectivity index (χ3n) is 7.28. The van der Waals surface area contributed by atoms with Crippen molar-refractivity contribution in [2.24, 2.45) is 0 Å². The largest absolute Gasteiger partial charge is 0.497 e. The molecule has 0 saturated heterocycles. The maximum Gasteiger partial charge on any atom is 0.248 e. The van der Waals surface area contributed by atoms with Crippen LogP contribution in [0.4, 0.5) is 0 Å². The maximum atomic E-state index is 14.0. The molecule has 1 fully saturated rings. The minimum absolute atomic E-state index is 0.110. The van der Waals surface area contributed by atoms with Crippen LogP contribution in [0.2, 0.25) is 0 Å². The Morgan fingerprint density at radius 1 is 1.02 bits per heavy atom. The number of thiophene rings is 1. The molecule has 0 bridgehead atoms. The molecule has 0 spiro atoms. The van der Waals surface area contributed by atoms with Gasteiger partial charge in [-0.15, -0.1) is 21.5 Å². The molecule has 11 nitrogen and oxygen atoms in total. The van der Waals surface area contributed by atoms with Crippen molar-refractivity contribution < 1.29 is 23.8 Å². The van der Waals surface area contributed by atoms with Gasteiger partial charge in [-0.1, -0.05) is 31.0 Å². The van der Waals surface area contributed by atoms with Crippen LogP contribution >= 0.6 is 11.3 Å². The number of rotatable bonds is 12. The summed E-state index contributed by atoms with van der Waals surface area (Å²) in [5.41, 5.74) is 1.52. The second-order valence-electron chi connectivity index (χ2n) is 9.99. The van der Waals surface area contributed by atoms with Crippen LogP contribution in [0.1, 0.15) is 42.2 Å². The number of carbonyl (C=O) groups excluding carboxylic acids is 2. The first kappa shape index (κ1) is 29.1. The predicted octanol–water partition coefficient (Wildman–Crippen LogP) is 4.26. The van der Waals surface area contributed by atoms with Gasteiger partial charge in [0, 0.05) is 23.0 Å². The number of ether oxygens (including phenoxy) is 3. The quantitative estimate of drug-likeness (QED) is 0.260. The molecule has 1 N–H and O–H groups in total. The van der Waals surface area contributed by atoms with Gasteiger partial charge >= 0.3 is 0 Å². The SMILES string of the molecule is COc1ccc(CN(C(=O)Cn2nnc(-c3ccc(OC)c(OC)c3)n2)C(C(=O)NC2CCCC2)c2cccs2)cc1. The van der Waals surface area contributed by atoms with Crippen LogP contribution in [-0.4, -0.2) is 64.3 Å². The van der Waals surface area contributed by atoms with E-state index in [4.69, 9.17) is 14.2 Å². The van der Waals surface area contributed by atoms with Crippen LogP contribution in [0.5, 0.6) is 17.2 Å². The standard InChI is InChI=1S/C30H34N6O5S/c1-39-23-13-10-20(11-14-23)18-35(28(26-9-6-16-42-26)30(38)31-22-7-4-5-8-22)27(37)19-36-33-29(32-34-36)21-12-15-24(40-2)25(17-21)41-3/h6,9-17,22,28H,4-5,7-8,18-19H2,1-3H3,(H,31,38). The summed E-state index contributed by atoms with van der Waals surface area (Å²) >= 11 is 1.45. The summed E-state index contributed by atoms with van der Waals surface area (Å²) < 4.78 is 16.0. The number of tetrazole rings is 1. The third-order valence-corrected chi connectivity index (χ3v) is 8.20. The summed E-state index contributed by atoms with van der Waals surface area (Å²) in [5.74, 6) is 1.64. The first-order chi connectivity index (χ1) is 20.5. The smallest absolute Gasteiger partial charge is 0.248 e. The molecule has 2 aromatic carbocycles. The lowest BCUT2D eigenvalue weighted by molar-refractivity contribution is -0.142. The molecule has 1 atom stereocenters. The second kappa shape index (κ2) is 13.5. The number of nitrogens with one attached hydrogen (secondary N) is 1.